The molecule has 1 N–H and O–H groups in total. The Balaban J connectivity index is 2.40. The van der Waals surface area contributed by atoms with E-state index in [4.69, 9.17) is 12.2 Å². The van der Waals surface area contributed by atoms with E-state index in [1.807, 2.05) is 0 Å². The quantitative estimate of drug-likeness (QED) is 0.495. The first kappa shape index (κ1) is 5.38. The van der Waals surface area contributed by atoms with Crippen molar-refractivity contribution in [3.63, 3.8) is 0 Å². The Morgan fingerprint density at radius 1 is 2.00 bits per heavy atom. The maximum atomic E-state index is 4.85. The second kappa shape index (κ2) is 2.01. The van der Waals surface area contributed by atoms with E-state index in [0.29, 0.717) is 5.25 Å². The molecule has 3 heteroatoms. The molecule has 0 aromatic heterocycles. The van der Waals surface area contributed by atoms with E-state index in [-0.39, 0.29) is 0 Å². The summed E-state index contributed by atoms with van der Waals surface area (Å²) in [5.74, 6) is 0. The summed E-state index contributed by atoms with van der Waals surface area (Å²) in [6.45, 7) is 3.21. The zero-order valence-corrected chi connectivity index (χ0v) is 5.73. The van der Waals surface area contributed by atoms with Crippen LogP contribution in [0.15, 0.2) is 0 Å². The van der Waals surface area contributed by atoms with Crippen LogP contribution in [0.5, 0.6) is 0 Å². The lowest BCUT2D eigenvalue weighted by Crippen LogP contribution is -2.12. The summed E-state index contributed by atoms with van der Waals surface area (Å²) >= 11 is 6.59. The van der Waals surface area contributed by atoms with Gasteiger partial charge in [-0.2, -0.15) is 0 Å². The van der Waals surface area contributed by atoms with Crippen LogP contribution in [0.2, 0.25) is 0 Å². The van der Waals surface area contributed by atoms with Crippen molar-refractivity contribution < 1.29 is 0 Å². The van der Waals surface area contributed by atoms with Crippen molar-refractivity contribution in [3.05, 3.63) is 0 Å². The monoisotopic (exact) mass is 133 g/mol. The third-order valence-electron chi connectivity index (χ3n) is 0.842. The highest BCUT2D eigenvalue weighted by molar-refractivity contribution is 8.23. The smallest absolute Gasteiger partial charge is 0.134 e. The molecule has 0 aliphatic carbocycles. The van der Waals surface area contributed by atoms with E-state index in [1.165, 1.54) is 0 Å². The van der Waals surface area contributed by atoms with Crippen molar-refractivity contribution in [2.24, 2.45) is 0 Å². The molecule has 0 aromatic rings. The fourth-order valence-corrected chi connectivity index (χ4v) is 1.77. The van der Waals surface area contributed by atoms with Gasteiger partial charge in [0.05, 0.1) is 0 Å². The molecule has 1 heterocycles. The molecule has 1 atom stereocenters. The first-order chi connectivity index (χ1) is 3.29. The van der Waals surface area contributed by atoms with Gasteiger partial charge in [0.1, 0.15) is 4.32 Å². The van der Waals surface area contributed by atoms with Crippen molar-refractivity contribution in [1.82, 2.24) is 5.32 Å². The van der Waals surface area contributed by atoms with Gasteiger partial charge in [0.2, 0.25) is 0 Å². The minimum atomic E-state index is 0.687. The lowest BCUT2D eigenvalue weighted by Gasteiger charge is -1.88. The third kappa shape index (κ3) is 1.31. The van der Waals surface area contributed by atoms with Gasteiger partial charge in [-0.1, -0.05) is 30.9 Å². The van der Waals surface area contributed by atoms with Gasteiger partial charge in [0.15, 0.2) is 0 Å². The number of hydrogen-bond donors (Lipinski definition) is 1. The second-order valence-corrected chi connectivity index (χ2v) is 3.71. The number of thiocarbonyl (C=S) groups is 1. The first-order valence-corrected chi connectivity index (χ1v) is 3.52. The summed E-state index contributed by atoms with van der Waals surface area (Å²) in [4.78, 5) is 0. The van der Waals surface area contributed by atoms with Gasteiger partial charge in [-0.15, -0.1) is 0 Å². The van der Waals surface area contributed by atoms with Gasteiger partial charge < -0.3 is 5.32 Å². The number of rotatable bonds is 0. The highest BCUT2D eigenvalue weighted by Crippen LogP contribution is 2.15. The average molecular weight is 133 g/mol. The van der Waals surface area contributed by atoms with Crippen molar-refractivity contribution in [3.8, 4) is 0 Å². The summed E-state index contributed by atoms with van der Waals surface area (Å²) in [7, 11) is 0. The lowest BCUT2D eigenvalue weighted by atomic mass is 10.5. The van der Waals surface area contributed by atoms with Crippen molar-refractivity contribution in [2.45, 2.75) is 12.2 Å². The topological polar surface area (TPSA) is 12.0 Å². The third-order valence-corrected chi connectivity index (χ3v) is 2.20. The van der Waals surface area contributed by atoms with Crippen LogP contribution in [-0.2, 0) is 0 Å². The summed E-state index contributed by atoms with van der Waals surface area (Å²) < 4.78 is 0.951. The maximum absolute atomic E-state index is 4.85. The SMILES string of the molecule is C[C@H]1CNC(=S)S1. The van der Waals surface area contributed by atoms with Gasteiger partial charge in [-0.25, -0.2) is 0 Å². The van der Waals surface area contributed by atoms with E-state index in [9.17, 15) is 0 Å². The average Bonchev–Trinajstić information content (AvgIpc) is 1.87. The molecule has 0 aromatic carbocycles. The summed E-state index contributed by atoms with van der Waals surface area (Å²) in [6.07, 6.45) is 0. The molecule has 0 spiro atoms. The zero-order valence-electron chi connectivity index (χ0n) is 4.10. The Morgan fingerprint density at radius 3 is 2.86 bits per heavy atom. The molecule has 40 valence electrons. The van der Waals surface area contributed by atoms with Crippen LogP contribution in [0.3, 0.4) is 0 Å². The van der Waals surface area contributed by atoms with Crippen molar-refractivity contribution in [1.29, 1.82) is 0 Å². The number of hydrogen-bond acceptors (Lipinski definition) is 2. The minimum Gasteiger partial charge on any atom is -0.370 e. The van der Waals surface area contributed by atoms with E-state index in [1.54, 1.807) is 11.8 Å². The Hall–Kier alpha value is 0.240. The first-order valence-electron chi connectivity index (χ1n) is 2.23. The molecule has 7 heavy (non-hydrogen) atoms. The van der Waals surface area contributed by atoms with Gasteiger partial charge in [0, 0.05) is 11.8 Å². The molecule has 1 aliphatic heterocycles. The predicted octanol–water partition coefficient (Wildman–Crippen LogP) is 0.996. The molecule has 1 saturated heterocycles. The van der Waals surface area contributed by atoms with E-state index < -0.39 is 0 Å². The molecule has 0 radical (unpaired) electrons. The van der Waals surface area contributed by atoms with Crippen LogP contribution >= 0.6 is 24.0 Å². The highest BCUT2D eigenvalue weighted by Gasteiger charge is 2.12. The van der Waals surface area contributed by atoms with Crippen LogP contribution in [0.4, 0.5) is 0 Å². The molecular formula is C4H7NS2. The minimum absolute atomic E-state index is 0.687. The van der Waals surface area contributed by atoms with E-state index >= 15 is 0 Å². The number of nitrogens with one attached hydrogen (secondary N) is 1. The standard InChI is InChI=1S/C4H7NS2/c1-3-2-5-4(6)7-3/h3H,2H2,1H3,(H,5,6)/t3-/m0/s1. The Labute approximate surface area is 52.9 Å². The fraction of sp³-hybridized carbons (Fsp3) is 0.750. The van der Waals surface area contributed by atoms with Gasteiger partial charge in [0.25, 0.3) is 0 Å². The van der Waals surface area contributed by atoms with Crippen molar-refractivity contribution in [2.75, 3.05) is 6.54 Å². The lowest BCUT2D eigenvalue weighted by molar-refractivity contribution is 0.897. The number of thioether (sulfide) groups is 1. The Kier molecular flexibility index (Phi) is 1.54. The highest BCUT2D eigenvalue weighted by atomic mass is 32.2. The van der Waals surface area contributed by atoms with E-state index in [0.717, 1.165) is 10.9 Å². The van der Waals surface area contributed by atoms with Crippen LogP contribution in [-0.4, -0.2) is 16.1 Å². The normalized spacial score (nSPS) is 30.4. The molecule has 1 aliphatic rings. The molecule has 1 nitrogen and oxygen atoms in total. The van der Waals surface area contributed by atoms with Crippen LogP contribution in [0.25, 0.3) is 0 Å². The van der Waals surface area contributed by atoms with Crippen molar-refractivity contribution >= 4 is 28.3 Å². The molecule has 0 amide bonds. The molecular weight excluding hydrogens is 126 g/mol. The summed E-state index contributed by atoms with van der Waals surface area (Å²) in [5.41, 5.74) is 0. The molecule has 1 rings (SSSR count). The molecule has 1 fully saturated rings. The molecule has 0 bridgehead atoms. The fourth-order valence-electron chi connectivity index (χ4n) is 0.493. The van der Waals surface area contributed by atoms with Crippen LogP contribution in [0.1, 0.15) is 6.92 Å². The predicted molar refractivity (Wildman–Crippen MR) is 37.7 cm³/mol. The Bertz CT molecular complexity index is 91.7. The molecule has 0 unspecified atom stereocenters. The summed E-state index contributed by atoms with van der Waals surface area (Å²) in [5, 5.41) is 3.75. The second-order valence-electron chi connectivity index (χ2n) is 1.60. The van der Waals surface area contributed by atoms with Gasteiger partial charge in [-0.05, 0) is 0 Å². The maximum Gasteiger partial charge on any atom is 0.134 e. The van der Waals surface area contributed by atoms with Crippen LogP contribution < -0.4 is 5.32 Å². The van der Waals surface area contributed by atoms with Gasteiger partial charge in [-0.3, -0.25) is 0 Å². The molecule has 0 saturated carbocycles. The summed E-state index contributed by atoms with van der Waals surface area (Å²) in [6, 6.07) is 0. The largest absolute Gasteiger partial charge is 0.370 e. The van der Waals surface area contributed by atoms with Gasteiger partial charge >= 0.3 is 0 Å². The Morgan fingerprint density at radius 2 is 2.71 bits per heavy atom. The zero-order chi connectivity index (χ0) is 5.28. The van der Waals surface area contributed by atoms with Crippen LogP contribution in [0, 0.1) is 0 Å². The van der Waals surface area contributed by atoms with E-state index in [2.05, 4.69) is 12.2 Å².